The Kier molecular flexibility index (Phi) is 24.1. The van der Waals surface area contributed by atoms with Gasteiger partial charge in [0.25, 0.3) is 0 Å². The van der Waals surface area contributed by atoms with Crippen molar-refractivity contribution >= 4 is 11.6 Å². The molecule has 0 aromatic heterocycles. The fraction of sp³-hybridized carbons (Fsp3) is 0.867. The van der Waals surface area contributed by atoms with Crippen molar-refractivity contribution in [1.29, 1.82) is 0 Å². The van der Waals surface area contributed by atoms with Gasteiger partial charge < -0.3 is 19.8 Å². The van der Waals surface area contributed by atoms with Gasteiger partial charge in [-0.25, -0.2) is 0 Å². The first-order chi connectivity index (χ1) is 8.81. The molecule has 0 aliphatic rings. The maximum Gasteiger partial charge on any atom is 0.129 e. The number of ketones is 2. The summed E-state index contributed by atoms with van der Waals surface area (Å²) in [6.07, 6.45) is 4.64. The number of nitrogens with zero attached hydrogens (tertiary/aromatic N) is 1. The minimum atomic E-state index is 0.289. The Balaban J connectivity index is -0.000000228. The van der Waals surface area contributed by atoms with E-state index in [1.54, 1.807) is 13.8 Å². The van der Waals surface area contributed by atoms with Crippen molar-refractivity contribution in [2.45, 2.75) is 52.9 Å². The van der Waals surface area contributed by atoms with Crippen molar-refractivity contribution in [3.63, 3.8) is 0 Å². The van der Waals surface area contributed by atoms with Crippen LogP contribution in [0.4, 0.5) is 0 Å². The van der Waals surface area contributed by atoms with Gasteiger partial charge in [-0.1, -0.05) is 13.3 Å². The smallest absolute Gasteiger partial charge is 0.129 e. The summed E-state index contributed by atoms with van der Waals surface area (Å²) in [5.74, 6) is 0.596. The summed E-state index contributed by atoms with van der Waals surface area (Å²) in [7, 11) is 7.78. The largest absolute Gasteiger partial charge is 0.323 e. The van der Waals surface area contributed by atoms with Gasteiger partial charge in [-0.15, -0.1) is 0 Å². The summed E-state index contributed by atoms with van der Waals surface area (Å²) in [5.41, 5.74) is 0. The van der Waals surface area contributed by atoms with E-state index >= 15 is 0 Å². The zero-order chi connectivity index (χ0) is 15.7. The second-order valence-electron chi connectivity index (χ2n) is 4.91. The fourth-order valence-electron chi connectivity index (χ4n) is 1.07. The van der Waals surface area contributed by atoms with Gasteiger partial charge in [0.15, 0.2) is 0 Å². The van der Waals surface area contributed by atoms with Crippen LogP contribution in [-0.2, 0) is 9.59 Å². The maximum absolute atomic E-state index is 10.4. The average molecular weight is 274 g/mol. The first-order valence-corrected chi connectivity index (χ1v) is 7.03. The molecule has 19 heavy (non-hydrogen) atoms. The lowest BCUT2D eigenvalue weighted by molar-refractivity contribution is -0.117. The molecule has 0 unspecified atom stereocenters. The molecule has 0 radical (unpaired) electrons. The second-order valence-corrected chi connectivity index (χ2v) is 4.91. The molecule has 0 heterocycles. The van der Waals surface area contributed by atoms with Crippen molar-refractivity contribution in [3.05, 3.63) is 0 Å². The van der Waals surface area contributed by atoms with Crippen molar-refractivity contribution in [3.8, 4) is 0 Å². The van der Waals surface area contributed by atoms with E-state index in [0.29, 0.717) is 5.78 Å². The zero-order valence-electron chi connectivity index (χ0n) is 14.0. The number of rotatable bonds is 7. The monoisotopic (exact) mass is 274 g/mol. The molecule has 0 rings (SSSR count). The molecular weight excluding hydrogens is 240 g/mol. The molecular formula is C15H34N2O2. The normalized spacial score (nSPS) is 9.05. The number of unbranched alkanes of at least 4 members (excludes halogenated alkanes) is 1. The number of carbonyl (C=O) groups excluding carboxylic acids is 2. The highest BCUT2D eigenvalue weighted by Crippen LogP contribution is 1.92. The van der Waals surface area contributed by atoms with Gasteiger partial charge in [0, 0.05) is 12.8 Å². The lowest BCUT2D eigenvalue weighted by atomic mass is 10.2. The lowest BCUT2D eigenvalue weighted by Crippen LogP contribution is -2.13. The summed E-state index contributed by atoms with van der Waals surface area (Å²) in [4.78, 5) is 22.7. The number of nitrogens with one attached hydrogen (secondary N) is 1. The molecule has 116 valence electrons. The molecule has 0 saturated heterocycles. The van der Waals surface area contributed by atoms with Crippen LogP contribution in [0.3, 0.4) is 0 Å². The molecule has 1 N–H and O–H groups in total. The van der Waals surface area contributed by atoms with Gasteiger partial charge >= 0.3 is 0 Å². The van der Waals surface area contributed by atoms with Crippen LogP contribution < -0.4 is 5.32 Å². The number of hydrogen-bond donors (Lipinski definition) is 1. The zero-order valence-corrected chi connectivity index (χ0v) is 14.0. The molecule has 0 aliphatic carbocycles. The van der Waals surface area contributed by atoms with Crippen LogP contribution in [0, 0.1) is 0 Å². The van der Waals surface area contributed by atoms with E-state index in [2.05, 4.69) is 17.1 Å². The van der Waals surface area contributed by atoms with Crippen molar-refractivity contribution in [1.82, 2.24) is 10.2 Å². The van der Waals surface area contributed by atoms with E-state index in [-0.39, 0.29) is 5.78 Å². The van der Waals surface area contributed by atoms with E-state index in [1.165, 1.54) is 0 Å². The van der Waals surface area contributed by atoms with Crippen LogP contribution in [0.15, 0.2) is 0 Å². The molecule has 0 spiro atoms. The van der Waals surface area contributed by atoms with Crippen LogP contribution in [0.5, 0.6) is 0 Å². The molecule has 0 aromatic rings. The maximum atomic E-state index is 10.4. The van der Waals surface area contributed by atoms with E-state index in [0.717, 1.165) is 38.6 Å². The Morgan fingerprint density at radius 2 is 1.32 bits per heavy atom. The number of hydrogen-bond acceptors (Lipinski definition) is 4. The van der Waals surface area contributed by atoms with Gasteiger partial charge in [-0.2, -0.15) is 0 Å². The third-order valence-electron chi connectivity index (χ3n) is 2.02. The van der Waals surface area contributed by atoms with E-state index in [4.69, 9.17) is 0 Å². The van der Waals surface area contributed by atoms with E-state index in [1.807, 2.05) is 28.2 Å². The van der Waals surface area contributed by atoms with Crippen LogP contribution in [0.2, 0.25) is 0 Å². The summed E-state index contributed by atoms with van der Waals surface area (Å²) in [5, 5.41) is 2.75. The van der Waals surface area contributed by atoms with E-state index < -0.39 is 0 Å². The van der Waals surface area contributed by atoms with Gasteiger partial charge in [-0.3, -0.25) is 0 Å². The Hall–Kier alpha value is -0.740. The number of Topliss-reactive ketones (excluding diaryl/α,β-unsaturated/α-hetero) is 2. The third-order valence-corrected chi connectivity index (χ3v) is 2.02. The van der Waals surface area contributed by atoms with E-state index in [9.17, 15) is 9.59 Å². The van der Waals surface area contributed by atoms with Gasteiger partial charge in [-0.05, 0) is 61.4 Å². The fourth-order valence-corrected chi connectivity index (χ4v) is 1.07. The molecule has 0 aromatic carbocycles. The Morgan fingerprint density at radius 1 is 0.947 bits per heavy atom. The first kappa shape index (κ1) is 23.4. The molecule has 0 saturated carbocycles. The molecule has 0 aliphatic heterocycles. The van der Waals surface area contributed by atoms with Crippen molar-refractivity contribution in [2.75, 3.05) is 34.7 Å². The second kappa shape index (κ2) is 19.6. The van der Waals surface area contributed by atoms with Crippen LogP contribution in [0.1, 0.15) is 52.9 Å². The Morgan fingerprint density at radius 3 is 1.53 bits per heavy atom. The van der Waals surface area contributed by atoms with Gasteiger partial charge in [0.05, 0.1) is 0 Å². The summed E-state index contributed by atoms with van der Waals surface area (Å²) < 4.78 is 0. The van der Waals surface area contributed by atoms with Crippen molar-refractivity contribution in [2.24, 2.45) is 0 Å². The highest BCUT2D eigenvalue weighted by Gasteiger charge is 1.93. The minimum absolute atomic E-state index is 0.289. The van der Waals surface area contributed by atoms with Crippen LogP contribution in [0.25, 0.3) is 0 Å². The molecule has 4 heteroatoms. The molecule has 0 bridgehead atoms. The Labute approximate surface area is 119 Å². The number of carbonyl (C=O) groups is 2. The quantitative estimate of drug-likeness (QED) is 0.775. The summed E-state index contributed by atoms with van der Waals surface area (Å²) in [6, 6.07) is 0. The molecule has 0 amide bonds. The van der Waals surface area contributed by atoms with Crippen LogP contribution >= 0.6 is 0 Å². The third kappa shape index (κ3) is 46.9. The van der Waals surface area contributed by atoms with Gasteiger partial charge in [0.1, 0.15) is 11.6 Å². The van der Waals surface area contributed by atoms with Crippen LogP contribution in [-0.4, -0.2) is 51.2 Å². The molecule has 0 fully saturated rings. The standard InChI is InChI=1S/C7H15NO.C6H12O.C2H7N/c1-7(9)5-4-6-8(2)3;1-3-4-5-6(2)7;1-3-2/h4-6H2,1-3H3;3-5H2,1-2H3;3H,1-2H3. The molecule has 0 atom stereocenters. The first-order valence-electron chi connectivity index (χ1n) is 7.03. The Bertz CT molecular complexity index is 204. The minimum Gasteiger partial charge on any atom is -0.323 e. The predicted octanol–water partition coefficient (Wildman–Crippen LogP) is 2.52. The predicted molar refractivity (Wildman–Crippen MR) is 83.7 cm³/mol. The molecule has 4 nitrogen and oxygen atoms in total. The summed E-state index contributed by atoms with van der Waals surface area (Å²) >= 11 is 0. The SMILES string of the molecule is CC(=O)CCCN(C)C.CCCCC(C)=O.CNC. The highest BCUT2D eigenvalue weighted by molar-refractivity contribution is 5.75. The van der Waals surface area contributed by atoms with Crippen molar-refractivity contribution < 1.29 is 9.59 Å². The average Bonchev–Trinajstić information content (AvgIpc) is 2.27. The highest BCUT2D eigenvalue weighted by atomic mass is 16.1. The van der Waals surface area contributed by atoms with Gasteiger partial charge in [0.2, 0.25) is 0 Å². The lowest BCUT2D eigenvalue weighted by Gasteiger charge is -2.06. The summed E-state index contributed by atoms with van der Waals surface area (Å²) in [6.45, 7) is 6.37. The topological polar surface area (TPSA) is 49.4 Å².